The van der Waals surface area contributed by atoms with Gasteiger partial charge < -0.3 is 15.0 Å². The molecule has 0 spiro atoms. The van der Waals surface area contributed by atoms with Crippen LogP contribution in [-0.2, 0) is 9.53 Å². The van der Waals surface area contributed by atoms with Gasteiger partial charge in [0.1, 0.15) is 0 Å². The predicted octanol–water partition coefficient (Wildman–Crippen LogP) is 1.80. The third kappa shape index (κ3) is 4.72. The Bertz CT molecular complexity index is 470. The van der Waals surface area contributed by atoms with E-state index in [1.807, 2.05) is 30.1 Å². The van der Waals surface area contributed by atoms with Crippen LogP contribution in [0.25, 0.3) is 0 Å². The van der Waals surface area contributed by atoms with Crippen LogP contribution in [0.4, 0.5) is 11.4 Å². The second kappa shape index (κ2) is 7.43. The highest BCUT2D eigenvalue weighted by atomic mass is 16.5. The van der Waals surface area contributed by atoms with Crippen LogP contribution in [0.1, 0.15) is 13.8 Å². The number of rotatable bonds is 5. The number of carbonyl (C=O) groups is 1. The molecule has 1 aromatic carbocycles. The number of hydrogen-bond donors (Lipinski definition) is 1. The van der Waals surface area contributed by atoms with Crippen LogP contribution in [0.3, 0.4) is 0 Å². The zero-order valence-electron chi connectivity index (χ0n) is 13.1. The first kappa shape index (κ1) is 15.8. The van der Waals surface area contributed by atoms with E-state index in [9.17, 15) is 4.79 Å². The Hall–Kier alpha value is -1.59. The van der Waals surface area contributed by atoms with Crippen molar-refractivity contribution in [1.29, 1.82) is 0 Å². The van der Waals surface area contributed by atoms with Crippen LogP contribution in [0, 0.1) is 0 Å². The number of anilines is 2. The summed E-state index contributed by atoms with van der Waals surface area (Å²) in [5, 5.41) is 2.97. The minimum Gasteiger partial charge on any atom is -0.378 e. The molecule has 0 aromatic heterocycles. The van der Waals surface area contributed by atoms with Crippen molar-refractivity contribution >= 4 is 17.3 Å². The Labute approximate surface area is 126 Å². The van der Waals surface area contributed by atoms with Crippen LogP contribution in [0.5, 0.6) is 0 Å². The maximum Gasteiger partial charge on any atom is 0.238 e. The number of nitrogens with zero attached hydrogens (tertiary/aromatic N) is 2. The van der Waals surface area contributed by atoms with Crippen molar-refractivity contribution in [3.05, 3.63) is 24.3 Å². The minimum absolute atomic E-state index is 0.0188. The van der Waals surface area contributed by atoms with Gasteiger partial charge in [-0.15, -0.1) is 0 Å². The Balaban J connectivity index is 1.95. The van der Waals surface area contributed by atoms with Crippen LogP contribution < -0.4 is 10.2 Å². The fourth-order valence-electron chi connectivity index (χ4n) is 2.21. The molecule has 21 heavy (non-hydrogen) atoms. The summed E-state index contributed by atoms with van der Waals surface area (Å²) in [6.45, 7) is 7.87. The number of carbonyl (C=O) groups excluding carboxylic acids is 1. The van der Waals surface area contributed by atoms with Crippen molar-refractivity contribution in [2.45, 2.75) is 19.9 Å². The molecule has 1 aliphatic rings. The quantitative estimate of drug-likeness (QED) is 0.898. The lowest BCUT2D eigenvalue weighted by molar-refractivity contribution is -0.117. The van der Waals surface area contributed by atoms with Gasteiger partial charge in [0.25, 0.3) is 0 Å². The maximum absolute atomic E-state index is 12.0. The molecule has 1 aromatic rings. The van der Waals surface area contributed by atoms with E-state index < -0.39 is 0 Å². The smallest absolute Gasteiger partial charge is 0.238 e. The highest BCUT2D eigenvalue weighted by Gasteiger charge is 2.13. The first-order valence-electron chi connectivity index (χ1n) is 7.49. The molecule has 0 saturated carbocycles. The van der Waals surface area contributed by atoms with Crippen molar-refractivity contribution < 1.29 is 9.53 Å². The first-order valence-corrected chi connectivity index (χ1v) is 7.49. The molecular formula is C16H25N3O2. The Kier molecular flexibility index (Phi) is 5.59. The summed E-state index contributed by atoms with van der Waals surface area (Å²) in [6, 6.07) is 8.36. The molecule has 1 amide bonds. The topological polar surface area (TPSA) is 44.8 Å². The fraction of sp³-hybridized carbons (Fsp3) is 0.562. The van der Waals surface area contributed by atoms with Gasteiger partial charge in [-0.25, -0.2) is 0 Å². The van der Waals surface area contributed by atoms with Gasteiger partial charge in [-0.05, 0) is 39.1 Å². The predicted molar refractivity (Wildman–Crippen MR) is 85.9 cm³/mol. The Morgan fingerprint density at radius 3 is 2.76 bits per heavy atom. The summed E-state index contributed by atoms with van der Waals surface area (Å²) in [7, 11) is 1.95. The third-order valence-electron chi connectivity index (χ3n) is 3.78. The van der Waals surface area contributed by atoms with Gasteiger partial charge in [-0.3, -0.25) is 9.69 Å². The number of morpholine rings is 1. The molecule has 2 rings (SSSR count). The van der Waals surface area contributed by atoms with E-state index in [-0.39, 0.29) is 5.91 Å². The van der Waals surface area contributed by atoms with Crippen LogP contribution in [-0.4, -0.2) is 56.7 Å². The van der Waals surface area contributed by atoms with Crippen molar-refractivity contribution in [1.82, 2.24) is 4.90 Å². The molecule has 5 heteroatoms. The lowest BCUT2D eigenvalue weighted by atomic mass is 10.2. The summed E-state index contributed by atoms with van der Waals surface area (Å²) in [4.78, 5) is 16.3. The standard InChI is InChI=1S/C16H25N3O2/c1-13(2)18(3)12-16(20)17-14-5-4-6-15(11-14)19-7-9-21-10-8-19/h4-6,11,13H,7-10,12H2,1-3H3,(H,17,20). The highest BCUT2D eigenvalue weighted by molar-refractivity contribution is 5.92. The number of hydrogen-bond acceptors (Lipinski definition) is 4. The Morgan fingerprint density at radius 2 is 2.10 bits per heavy atom. The highest BCUT2D eigenvalue weighted by Crippen LogP contribution is 2.20. The fourth-order valence-corrected chi connectivity index (χ4v) is 2.21. The molecule has 0 bridgehead atoms. The zero-order chi connectivity index (χ0) is 15.2. The van der Waals surface area contributed by atoms with E-state index in [1.54, 1.807) is 0 Å². The van der Waals surface area contributed by atoms with E-state index in [2.05, 4.69) is 30.1 Å². The third-order valence-corrected chi connectivity index (χ3v) is 3.78. The molecule has 1 saturated heterocycles. The van der Waals surface area contributed by atoms with E-state index in [4.69, 9.17) is 4.74 Å². The summed E-state index contributed by atoms with van der Waals surface area (Å²) < 4.78 is 5.37. The summed E-state index contributed by atoms with van der Waals surface area (Å²) in [5.41, 5.74) is 1.98. The van der Waals surface area contributed by atoms with E-state index >= 15 is 0 Å². The maximum atomic E-state index is 12.0. The van der Waals surface area contributed by atoms with E-state index in [0.717, 1.165) is 37.7 Å². The number of nitrogens with one attached hydrogen (secondary N) is 1. The van der Waals surface area contributed by atoms with Crippen LogP contribution in [0.2, 0.25) is 0 Å². The number of likely N-dealkylation sites (N-methyl/N-ethyl adjacent to an activating group) is 1. The van der Waals surface area contributed by atoms with Gasteiger partial charge in [0.05, 0.1) is 19.8 Å². The SMILES string of the molecule is CC(C)N(C)CC(=O)Nc1cccc(N2CCOCC2)c1. The summed E-state index contributed by atoms with van der Waals surface area (Å²) in [5.74, 6) is 0.0188. The average Bonchev–Trinajstić information content (AvgIpc) is 2.48. The molecule has 0 aliphatic carbocycles. The van der Waals surface area contributed by atoms with Gasteiger partial charge in [0.2, 0.25) is 5.91 Å². The number of ether oxygens (including phenoxy) is 1. The summed E-state index contributed by atoms with van der Waals surface area (Å²) >= 11 is 0. The number of amides is 1. The van der Waals surface area contributed by atoms with Gasteiger partial charge in [0.15, 0.2) is 0 Å². The van der Waals surface area contributed by atoms with E-state index in [0.29, 0.717) is 12.6 Å². The Morgan fingerprint density at radius 1 is 1.38 bits per heavy atom. The molecular weight excluding hydrogens is 266 g/mol. The molecule has 116 valence electrons. The van der Waals surface area contributed by atoms with Gasteiger partial charge >= 0.3 is 0 Å². The molecule has 5 nitrogen and oxygen atoms in total. The average molecular weight is 291 g/mol. The monoisotopic (exact) mass is 291 g/mol. The molecule has 1 heterocycles. The minimum atomic E-state index is 0.0188. The van der Waals surface area contributed by atoms with Gasteiger partial charge in [0, 0.05) is 30.5 Å². The molecule has 1 aliphatic heterocycles. The van der Waals surface area contributed by atoms with Crippen molar-refractivity contribution in [3.8, 4) is 0 Å². The summed E-state index contributed by atoms with van der Waals surface area (Å²) in [6.07, 6.45) is 0. The van der Waals surface area contributed by atoms with Crippen LogP contribution >= 0.6 is 0 Å². The second-order valence-corrected chi connectivity index (χ2v) is 5.71. The molecule has 0 radical (unpaired) electrons. The normalized spacial score (nSPS) is 15.6. The van der Waals surface area contributed by atoms with Crippen molar-refractivity contribution in [2.24, 2.45) is 0 Å². The molecule has 1 fully saturated rings. The largest absolute Gasteiger partial charge is 0.378 e. The van der Waals surface area contributed by atoms with Gasteiger partial charge in [-0.2, -0.15) is 0 Å². The van der Waals surface area contributed by atoms with Crippen molar-refractivity contribution in [2.75, 3.05) is 50.1 Å². The zero-order valence-corrected chi connectivity index (χ0v) is 13.1. The lowest BCUT2D eigenvalue weighted by Gasteiger charge is -2.29. The van der Waals surface area contributed by atoms with Gasteiger partial charge in [-0.1, -0.05) is 6.07 Å². The first-order chi connectivity index (χ1) is 10.1. The van der Waals surface area contributed by atoms with E-state index in [1.165, 1.54) is 0 Å². The van der Waals surface area contributed by atoms with Crippen LogP contribution in [0.15, 0.2) is 24.3 Å². The second-order valence-electron chi connectivity index (χ2n) is 5.71. The molecule has 0 atom stereocenters. The molecule has 1 N–H and O–H groups in total. The lowest BCUT2D eigenvalue weighted by Crippen LogP contribution is -2.36. The van der Waals surface area contributed by atoms with Crippen molar-refractivity contribution in [3.63, 3.8) is 0 Å². The number of benzene rings is 1. The molecule has 0 unspecified atom stereocenters.